The Morgan fingerprint density at radius 3 is 2.93 bits per heavy atom. The number of hydrogen-bond acceptors (Lipinski definition) is 6. The molecule has 7 nitrogen and oxygen atoms in total. The molecular formula is C20H23N5O2S. The van der Waals surface area contributed by atoms with E-state index >= 15 is 0 Å². The van der Waals surface area contributed by atoms with Crippen LogP contribution in [0.2, 0.25) is 0 Å². The van der Waals surface area contributed by atoms with E-state index in [1.54, 1.807) is 12.4 Å². The Hall–Kier alpha value is -2.45. The van der Waals surface area contributed by atoms with Crippen molar-refractivity contribution >= 4 is 17.5 Å². The molecule has 0 unspecified atom stereocenters. The van der Waals surface area contributed by atoms with Crippen LogP contribution in [-0.4, -0.2) is 49.0 Å². The van der Waals surface area contributed by atoms with E-state index in [1.165, 1.54) is 11.8 Å². The molecule has 8 heteroatoms. The normalized spacial score (nSPS) is 16.6. The maximum atomic E-state index is 12.8. The molecule has 0 saturated carbocycles. The molecular weight excluding hydrogens is 374 g/mol. The lowest BCUT2D eigenvalue weighted by atomic mass is 10.2. The lowest BCUT2D eigenvalue weighted by Gasteiger charge is -2.14. The first-order chi connectivity index (χ1) is 13.6. The fraction of sp³-hybridized carbons (Fsp3) is 0.400. The Balaban J connectivity index is 1.41. The van der Waals surface area contributed by atoms with E-state index in [0.29, 0.717) is 16.7 Å². The minimum atomic E-state index is 0.0898. The van der Waals surface area contributed by atoms with Gasteiger partial charge >= 0.3 is 0 Å². The van der Waals surface area contributed by atoms with E-state index in [1.807, 2.05) is 32.0 Å². The van der Waals surface area contributed by atoms with Crippen LogP contribution in [0, 0.1) is 13.8 Å². The highest BCUT2D eigenvalue weighted by Gasteiger charge is 2.21. The highest BCUT2D eigenvalue weighted by Crippen LogP contribution is 2.23. The minimum Gasteiger partial charge on any atom is -0.376 e. The van der Waals surface area contributed by atoms with Crippen molar-refractivity contribution in [3.05, 3.63) is 47.5 Å². The standard InChI is InChI=1S/C20H23N5O2S/c1-13-10-17(14(2)25(13)11-16-4-3-9-27-16)18(26)12-28-20-22-19(23-24-20)15-5-7-21-8-6-15/h5-8,10,16H,3-4,9,11-12H2,1-2H3,(H,22,23,24)/t16-/m1/s1. The van der Waals surface area contributed by atoms with Gasteiger partial charge in [0.25, 0.3) is 0 Å². The quantitative estimate of drug-likeness (QED) is 0.486. The smallest absolute Gasteiger partial charge is 0.209 e. The van der Waals surface area contributed by atoms with Crippen LogP contribution in [0.3, 0.4) is 0 Å². The van der Waals surface area contributed by atoms with Gasteiger partial charge in [-0.2, -0.15) is 0 Å². The molecule has 1 aliphatic rings. The molecule has 1 saturated heterocycles. The fourth-order valence-electron chi connectivity index (χ4n) is 3.51. The number of aromatic nitrogens is 5. The third-order valence-corrected chi connectivity index (χ3v) is 5.88. The van der Waals surface area contributed by atoms with E-state index in [4.69, 9.17) is 4.74 Å². The summed E-state index contributed by atoms with van der Waals surface area (Å²) in [7, 11) is 0. The van der Waals surface area contributed by atoms with Gasteiger partial charge in [-0.25, -0.2) is 4.98 Å². The summed E-state index contributed by atoms with van der Waals surface area (Å²) in [4.78, 5) is 21.2. The number of aryl methyl sites for hydroxylation is 1. The number of pyridine rings is 1. The van der Waals surface area contributed by atoms with Crippen molar-refractivity contribution in [2.24, 2.45) is 0 Å². The summed E-state index contributed by atoms with van der Waals surface area (Å²) in [5, 5.41) is 7.68. The van der Waals surface area contributed by atoms with Crippen molar-refractivity contribution in [3.63, 3.8) is 0 Å². The second-order valence-electron chi connectivity index (χ2n) is 6.94. The summed E-state index contributed by atoms with van der Waals surface area (Å²) in [6.07, 6.45) is 5.87. The monoisotopic (exact) mass is 397 g/mol. The van der Waals surface area contributed by atoms with Crippen LogP contribution >= 0.6 is 11.8 Å². The summed E-state index contributed by atoms with van der Waals surface area (Å²) in [5.74, 6) is 1.07. The summed E-state index contributed by atoms with van der Waals surface area (Å²) < 4.78 is 7.94. The highest BCUT2D eigenvalue weighted by molar-refractivity contribution is 7.99. The summed E-state index contributed by atoms with van der Waals surface area (Å²) in [5.41, 5.74) is 3.79. The minimum absolute atomic E-state index is 0.0898. The number of hydrogen-bond donors (Lipinski definition) is 1. The van der Waals surface area contributed by atoms with Crippen LogP contribution in [0.1, 0.15) is 34.6 Å². The number of thioether (sulfide) groups is 1. The predicted octanol–water partition coefficient (Wildman–Crippen LogP) is 3.44. The maximum Gasteiger partial charge on any atom is 0.209 e. The van der Waals surface area contributed by atoms with Crippen LogP contribution in [-0.2, 0) is 11.3 Å². The number of carbonyl (C=O) groups is 1. The van der Waals surface area contributed by atoms with Gasteiger partial charge in [0.2, 0.25) is 5.16 Å². The van der Waals surface area contributed by atoms with Gasteiger partial charge in [-0.05, 0) is 44.9 Å². The largest absolute Gasteiger partial charge is 0.376 e. The molecule has 1 atom stereocenters. The van der Waals surface area contributed by atoms with Gasteiger partial charge in [0.1, 0.15) is 0 Å². The van der Waals surface area contributed by atoms with E-state index < -0.39 is 0 Å². The summed E-state index contributed by atoms with van der Waals surface area (Å²) in [6.45, 7) is 5.70. The number of aromatic amines is 1. The van der Waals surface area contributed by atoms with Crippen molar-refractivity contribution in [1.82, 2.24) is 24.7 Å². The van der Waals surface area contributed by atoms with Crippen LogP contribution in [0.15, 0.2) is 35.7 Å². The van der Waals surface area contributed by atoms with Crippen molar-refractivity contribution in [2.75, 3.05) is 12.4 Å². The second-order valence-corrected chi connectivity index (χ2v) is 7.89. The van der Waals surface area contributed by atoms with Crippen molar-refractivity contribution in [2.45, 2.75) is 44.5 Å². The third-order valence-electron chi connectivity index (χ3n) is 5.04. The van der Waals surface area contributed by atoms with Crippen LogP contribution in [0.4, 0.5) is 0 Å². The zero-order valence-electron chi connectivity index (χ0n) is 16.0. The average molecular weight is 398 g/mol. The molecule has 3 aromatic heterocycles. The second kappa shape index (κ2) is 8.28. The van der Waals surface area contributed by atoms with Gasteiger partial charge in [0.15, 0.2) is 11.6 Å². The molecule has 1 fully saturated rings. The molecule has 1 N–H and O–H groups in total. The third kappa shape index (κ3) is 4.02. The number of nitrogens with zero attached hydrogens (tertiary/aromatic N) is 4. The van der Waals surface area contributed by atoms with Gasteiger partial charge in [0.05, 0.1) is 11.9 Å². The molecule has 0 radical (unpaired) electrons. The zero-order chi connectivity index (χ0) is 19.5. The van der Waals surface area contributed by atoms with Crippen LogP contribution in [0.25, 0.3) is 11.4 Å². The molecule has 4 heterocycles. The number of Topliss-reactive ketones (excluding diaryl/α,β-unsaturated/α-hetero) is 1. The number of ketones is 1. The SMILES string of the molecule is Cc1cc(C(=O)CSc2n[nH]c(-c3ccncc3)n2)c(C)n1C[C@H]1CCCO1. The summed E-state index contributed by atoms with van der Waals surface area (Å²) >= 11 is 1.34. The number of carbonyl (C=O) groups excluding carboxylic acids is 1. The number of rotatable bonds is 7. The summed E-state index contributed by atoms with van der Waals surface area (Å²) in [6, 6.07) is 5.71. The molecule has 0 amide bonds. The van der Waals surface area contributed by atoms with Crippen LogP contribution in [0.5, 0.6) is 0 Å². The van der Waals surface area contributed by atoms with Gasteiger partial charge in [0, 0.05) is 48.1 Å². The Labute approximate surface area is 167 Å². The first kappa shape index (κ1) is 18.9. The lowest BCUT2D eigenvalue weighted by molar-refractivity contribution is 0.0957. The van der Waals surface area contributed by atoms with Gasteiger partial charge in [-0.1, -0.05) is 11.8 Å². The number of nitrogens with one attached hydrogen (secondary N) is 1. The molecule has 0 aromatic carbocycles. The molecule has 3 aromatic rings. The number of ether oxygens (including phenoxy) is 1. The van der Waals surface area contributed by atoms with Crippen molar-refractivity contribution < 1.29 is 9.53 Å². The number of H-pyrrole nitrogens is 1. The van der Waals surface area contributed by atoms with E-state index in [-0.39, 0.29) is 11.9 Å². The first-order valence-corrected chi connectivity index (χ1v) is 10.4. The van der Waals surface area contributed by atoms with Gasteiger partial charge in [-0.3, -0.25) is 14.9 Å². The molecule has 1 aliphatic heterocycles. The fourth-order valence-corrected chi connectivity index (χ4v) is 4.20. The van der Waals surface area contributed by atoms with Crippen LogP contribution < -0.4 is 0 Å². The van der Waals surface area contributed by atoms with E-state index in [2.05, 4.69) is 24.7 Å². The molecule has 0 aliphatic carbocycles. The Kier molecular flexibility index (Phi) is 5.59. The topological polar surface area (TPSA) is 85.7 Å². The Morgan fingerprint density at radius 1 is 1.36 bits per heavy atom. The Bertz CT molecular complexity index is 960. The molecule has 0 spiro atoms. The average Bonchev–Trinajstić information content (AvgIpc) is 3.45. The zero-order valence-corrected chi connectivity index (χ0v) is 16.8. The highest BCUT2D eigenvalue weighted by atomic mass is 32.2. The maximum absolute atomic E-state index is 12.8. The molecule has 4 rings (SSSR count). The predicted molar refractivity (Wildman–Crippen MR) is 108 cm³/mol. The van der Waals surface area contributed by atoms with E-state index in [0.717, 1.165) is 48.5 Å². The lowest BCUT2D eigenvalue weighted by Crippen LogP contribution is -2.17. The molecule has 28 heavy (non-hydrogen) atoms. The van der Waals surface area contributed by atoms with Crippen molar-refractivity contribution in [3.8, 4) is 11.4 Å². The molecule has 0 bridgehead atoms. The van der Waals surface area contributed by atoms with E-state index in [9.17, 15) is 4.79 Å². The van der Waals surface area contributed by atoms with Gasteiger partial charge < -0.3 is 9.30 Å². The van der Waals surface area contributed by atoms with Crippen molar-refractivity contribution in [1.29, 1.82) is 0 Å². The Morgan fingerprint density at radius 2 is 2.18 bits per heavy atom. The van der Waals surface area contributed by atoms with Gasteiger partial charge in [-0.15, -0.1) is 5.10 Å². The molecule has 146 valence electrons. The first-order valence-electron chi connectivity index (χ1n) is 9.39.